The molecule has 0 atom stereocenters. The lowest BCUT2D eigenvalue weighted by Crippen LogP contribution is -2.27. The molecule has 3 N–H and O–H groups in total. The van der Waals surface area contributed by atoms with E-state index in [0.717, 1.165) is 36.1 Å². The lowest BCUT2D eigenvalue weighted by molar-refractivity contribution is 0.102. The maximum atomic E-state index is 12.8. The highest BCUT2D eigenvalue weighted by Crippen LogP contribution is 2.31. The number of halogens is 1. The molecule has 1 heterocycles. The van der Waals surface area contributed by atoms with Gasteiger partial charge in [-0.25, -0.2) is 4.79 Å². The number of nitrogens with zero attached hydrogens (tertiary/aromatic N) is 1. The van der Waals surface area contributed by atoms with Crippen molar-refractivity contribution in [1.29, 1.82) is 0 Å². The van der Waals surface area contributed by atoms with Crippen LogP contribution in [0.2, 0.25) is 0 Å². The number of hydrogen-bond acceptors (Lipinski definition) is 3. The van der Waals surface area contributed by atoms with E-state index < -0.39 is 0 Å². The van der Waals surface area contributed by atoms with Gasteiger partial charge in [-0.2, -0.15) is 0 Å². The first-order valence-corrected chi connectivity index (χ1v) is 12.0. The Labute approximate surface area is 202 Å². The monoisotopic (exact) mass is 506 g/mol. The zero-order valence-electron chi connectivity index (χ0n) is 18.3. The van der Waals surface area contributed by atoms with E-state index >= 15 is 0 Å². The van der Waals surface area contributed by atoms with Crippen LogP contribution in [0.4, 0.5) is 27.5 Å². The standard InChI is InChI=1S/C26H27BrN4O2/c27-20-11-8-12-21(17-20)29-26(33)30-23-18-22(28-25(32)19-9-4-3-5-10-19)13-14-24(23)31-15-6-1-2-7-16-31/h3-5,8-14,17-18H,1-2,6-7,15-16H2,(H,28,32)(H2,29,30,33). The second kappa shape index (κ2) is 11.0. The molecule has 0 unspecified atom stereocenters. The second-order valence-corrected chi connectivity index (χ2v) is 8.96. The third-order valence-electron chi connectivity index (χ3n) is 5.57. The molecule has 1 saturated heterocycles. The van der Waals surface area contributed by atoms with Crippen molar-refractivity contribution in [3.63, 3.8) is 0 Å². The molecule has 0 radical (unpaired) electrons. The van der Waals surface area contributed by atoms with E-state index in [9.17, 15) is 9.59 Å². The number of anilines is 4. The molecule has 1 fully saturated rings. The van der Waals surface area contributed by atoms with Gasteiger partial charge in [0, 0.05) is 34.5 Å². The summed E-state index contributed by atoms with van der Waals surface area (Å²) in [7, 11) is 0. The third kappa shape index (κ3) is 6.35. The summed E-state index contributed by atoms with van der Waals surface area (Å²) in [6, 6.07) is 21.9. The largest absolute Gasteiger partial charge is 0.370 e. The molecule has 0 spiro atoms. The van der Waals surface area contributed by atoms with Gasteiger partial charge in [0.2, 0.25) is 0 Å². The Morgan fingerprint density at radius 2 is 1.45 bits per heavy atom. The quantitative estimate of drug-likeness (QED) is 0.359. The maximum Gasteiger partial charge on any atom is 0.323 e. The first-order chi connectivity index (χ1) is 16.1. The summed E-state index contributed by atoms with van der Waals surface area (Å²) in [6.45, 7) is 1.88. The summed E-state index contributed by atoms with van der Waals surface area (Å²) >= 11 is 3.42. The number of benzene rings is 3. The van der Waals surface area contributed by atoms with Gasteiger partial charge in [-0.05, 0) is 61.4 Å². The molecule has 33 heavy (non-hydrogen) atoms. The molecule has 3 aromatic carbocycles. The Morgan fingerprint density at radius 1 is 0.727 bits per heavy atom. The fourth-order valence-corrected chi connectivity index (χ4v) is 4.34. The van der Waals surface area contributed by atoms with Crippen LogP contribution < -0.4 is 20.9 Å². The average Bonchev–Trinajstić information content (AvgIpc) is 3.09. The highest BCUT2D eigenvalue weighted by atomic mass is 79.9. The highest BCUT2D eigenvalue weighted by molar-refractivity contribution is 9.10. The van der Waals surface area contributed by atoms with Gasteiger partial charge in [-0.1, -0.05) is 53.0 Å². The van der Waals surface area contributed by atoms with Crippen molar-refractivity contribution in [3.05, 3.63) is 82.8 Å². The molecule has 6 nitrogen and oxygen atoms in total. The van der Waals surface area contributed by atoms with E-state index in [1.54, 1.807) is 12.1 Å². The van der Waals surface area contributed by atoms with Gasteiger partial charge in [0.25, 0.3) is 5.91 Å². The minimum absolute atomic E-state index is 0.192. The van der Waals surface area contributed by atoms with Crippen molar-refractivity contribution >= 4 is 50.6 Å². The Morgan fingerprint density at radius 3 is 2.18 bits per heavy atom. The minimum Gasteiger partial charge on any atom is -0.370 e. The molecular formula is C26H27BrN4O2. The summed E-state index contributed by atoms with van der Waals surface area (Å²) in [5, 5.41) is 8.80. The van der Waals surface area contributed by atoms with Crippen LogP contribution in [0.15, 0.2) is 77.3 Å². The Kier molecular flexibility index (Phi) is 7.62. The van der Waals surface area contributed by atoms with Crippen LogP contribution >= 0.6 is 15.9 Å². The number of rotatable bonds is 5. The van der Waals surface area contributed by atoms with Crippen LogP contribution in [-0.4, -0.2) is 25.0 Å². The minimum atomic E-state index is -0.337. The van der Waals surface area contributed by atoms with Crippen LogP contribution in [0, 0.1) is 0 Å². The SMILES string of the molecule is O=C(Nc1cccc(Br)c1)Nc1cc(NC(=O)c2ccccc2)ccc1N1CCCCCC1. The van der Waals surface area contributed by atoms with E-state index in [1.807, 2.05) is 60.7 Å². The van der Waals surface area contributed by atoms with Crippen molar-refractivity contribution < 1.29 is 9.59 Å². The number of nitrogens with one attached hydrogen (secondary N) is 3. The summed E-state index contributed by atoms with van der Waals surface area (Å²) in [5.74, 6) is -0.192. The molecule has 3 aromatic rings. The van der Waals surface area contributed by atoms with Crippen molar-refractivity contribution in [3.8, 4) is 0 Å². The van der Waals surface area contributed by atoms with Gasteiger partial charge in [0.15, 0.2) is 0 Å². The van der Waals surface area contributed by atoms with E-state index in [2.05, 4.69) is 36.8 Å². The fraction of sp³-hybridized carbons (Fsp3) is 0.231. The summed E-state index contributed by atoms with van der Waals surface area (Å²) < 4.78 is 0.885. The van der Waals surface area contributed by atoms with Crippen molar-refractivity contribution in [2.45, 2.75) is 25.7 Å². The number of amides is 3. The molecule has 0 bridgehead atoms. The summed E-state index contributed by atoms with van der Waals surface area (Å²) in [4.78, 5) is 27.7. The van der Waals surface area contributed by atoms with Gasteiger partial charge in [0.1, 0.15) is 0 Å². The third-order valence-corrected chi connectivity index (χ3v) is 6.06. The van der Waals surface area contributed by atoms with Gasteiger partial charge in [0.05, 0.1) is 11.4 Å². The zero-order valence-corrected chi connectivity index (χ0v) is 19.9. The van der Waals surface area contributed by atoms with Gasteiger partial charge >= 0.3 is 6.03 Å². The lowest BCUT2D eigenvalue weighted by Gasteiger charge is -2.26. The van der Waals surface area contributed by atoms with Crippen LogP contribution in [0.25, 0.3) is 0 Å². The van der Waals surface area contributed by atoms with Gasteiger partial charge in [-0.3, -0.25) is 4.79 Å². The number of urea groups is 1. The Hall–Kier alpha value is -3.32. The second-order valence-electron chi connectivity index (χ2n) is 8.04. The van der Waals surface area contributed by atoms with Gasteiger partial charge < -0.3 is 20.9 Å². The highest BCUT2D eigenvalue weighted by Gasteiger charge is 2.17. The smallest absolute Gasteiger partial charge is 0.323 e. The van der Waals surface area contributed by atoms with E-state index in [-0.39, 0.29) is 11.9 Å². The molecule has 7 heteroatoms. The maximum absolute atomic E-state index is 12.8. The first kappa shape index (κ1) is 22.9. The predicted octanol–water partition coefficient (Wildman–Crippen LogP) is 6.73. The molecule has 1 aliphatic heterocycles. The van der Waals surface area contributed by atoms with Crippen LogP contribution in [-0.2, 0) is 0 Å². The number of hydrogen-bond donors (Lipinski definition) is 3. The Balaban J connectivity index is 1.57. The van der Waals surface area contributed by atoms with Crippen LogP contribution in [0.1, 0.15) is 36.0 Å². The zero-order chi connectivity index (χ0) is 23.0. The fourth-order valence-electron chi connectivity index (χ4n) is 3.94. The number of carbonyl (C=O) groups is 2. The molecule has 0 saturated carbocycles. The molecule has 0 aromatic heterocycles. The molecular weight excluding hydrogens is 480 g/mol. The topological polar surface area (TPSA) is 73.5 Å². The summed E-state index contributed by atoms with van der Waals surface area (Å²) in [5.41, 5.74) is 3.51. The normalized spacial score (nSPS) is 13.7. The Bertz CT molecular complexity index is 1110. The summed E-state index contributed by atoms with van der Waals surface area (Å²) in [6.07, 6.45) is 4.67. The average molecular weight is 507 g/mol. The van der Waals surface area contributed by atoms with E-state index in [4.69, 9.17) is 0 Å². The molecule has 1 aliphatic rings. The van der Waals surface area contributed by atoms with Crippen molar-refractivity contribution in [2.75, 3.05) is 33.9 Å². The van der Waals surface area contributed by atoms with Gasteiger partial charge in [-0.15, -0.1) is 0 Å². The van der Waals surface area contributed by atoms with Crippen LogP contribution in [0.5, 0.6) is 0 Å². The molecule has 4 rings (SSSR count). The molecule has 3 amide bonds. The van der Waals surface area contributed by atoms with Crippen molar-refractivity contribution in [1.82, 2.24) is 0 Å². The predicted molar refractivity (Wildman–Crippen MR) is 138 cm³/mol. The van der Waals surface area contributed by atoms with E-state index in [1.165, 1.54) is 12.8 Å². The van der Waals surface area contributed by atoms with E-state index in [0.29, 0.717) is 22.6 Å². The van der Waals surface area contributed by atoms with Crippen LogP contribution in [0.3, 0.4) is 0 Å². The first-order valence-electron chi connectivity index (χ1n) is 11.2. The van der Waals surface area contributed by atoms with Crippen molar-refractivity contribution in [2.24, 2.45) is 0 Å². The lowest BCUT2D eigenvalue weighted by atomic mass is 10.1. The number of carbonyl (C=O) groups excluding carboxylic acids is 2. The molecule has 170 valence electrons. The molecule has 0 aliphatic carbocycles.